The summed E-state index contributed by atoms with van der Waals surface area (Å²) in [6, 6.07) is 13.8. The van der Waals surface area contributed by atoms with Crippen LogP contribution in [0.25, 0.3) is 0 Å². The number of methoxy groups -OCH3 is 1. The summed E-state index contributed by atoms with van der Waals surface area (Å²) in [5.41, 5.74) is 1.70. The number of hydrogen-bond donors (Lipinski definition) is 2. The number of esters is 1. The highest BCUT2D eigenvalue weighted by Crippen LogP contribution is 2.57. The van der Waals surface area contributed by atoms with Gasteiger partial charge in [-0.2, -0.15) is 0 Å². The molecule has 2 aliphatic carbocycles. The second kappa shape index (κ2) is 7.16. The van der Waals surface area contributed by atoms with Gasteiger partial charge in [-0.05, 0) is 55.2 Å². The number of hydrogen-bond acceptors (Lipinski definition) is 5. The molecule has 2 saturated carbocycles. The van der Waals surface area contributed by atoms with Crippen LogP contribution in [0.1, 0.15) is 23.2 Å². The minimum atomic E-state index is -0.322. The van der Waals surface area contributed by atoms with Gasteiger partial charge in [0.15, 0.2) is 0 Å². The summed E-state index contributed by atoms with van der Waals surface area (Å²) < 4.78 is 10.6. The average molecular weight is 406 g/mol. The molecule has 2 amide bonds. The van der Waals surface area contributed by atoms with Crippen molar-refractivity contribution in [3.05, 3.63) is 54.1 Å². The van der Waals surface area contributed by atoms with Crippen molar-refractivity contribution in [3.8, 4) is 5.75 Å². The number of amides is 2. The van der Waals surface area contributed by atoms with Crippen molar-refractivity contribution in [2.24, 2.45) is 23.7 Å². The molecule has 1 aliphatic heterocycles. The Bertz CT molecular complexity index is 1020. The molecule has 0 aromatic heterocycles. The van der Waals surface area contributed by atoms with Gasteiger partial charge in [-0.25, -0.2) is 0 Å². The van der Waals surface area contributed by atoms with Crippen molar-refractivity contribution in [2.75, 3.05) is 17.7 Å². The molecule has 30 heavy (non-hydrogen) atoms. The van der Waals surface area contributed by atoms with Gasteiger partial charge in [-0.3, -0.25) is 14.4 Å². The van der Waals surface area contributed by atoms with Gasteiger partial charge in [0.05, 0.1) is 18.9 Å². The SMILES string of the molecule is COc1cccc(NC(=O)c2ccc(NC(=O)[C@H]3[C@H]4C[C@@H]5[C@@H]3C(=O)O[C@@H]5C4)cc2)c1. The van der Waals surface area contributed by atoms with Crippen molar-refractivity contribution in [1.82, 2.24) is 0 Å². The first-order valence-corrected chi connectivity index (χ1v) is 10.1. The third-order valence-electron chi connectivity index (χ3n) is 6.53. The quantitative estimate of drug-likeness (QED) is 0.745. The smallest absolute Gasteiger partial charge is 0.310 e. The van der Waals surface area contributed by atoms with Gasteiger partial charge >= 0.3 is 5.97 Å². The molecule has 7 nitrogen and oxygen atoms in total. The van der Waals surface area contributed by atoms with Crippen LogP contribution >= 0.6 is 0 Å². The van der Waals surface area contributed by atoms with E-state index < -0.39 is 0 Å². The van der Waals surface area contributed by atoms with E-state index in [-0.39, 0.29) is 47.6 Å². The molecule has 2 N–H and O–H groups in total. The molecule has 2 bridgehead atoms. The van der Waals surface area contributed by atoms with Crippen LogP contribution in [0.4, 0.5) is 11.4 Å². The molecule has 0 spiro atoms. The van der Waals surface area contributed by atoms with Crippen molar-refractivity contribution in [3.63, 3.8) is 0 Å². The fraction of sp³-hybridized carbons (Fsp3) is 0.348. The molecule has 2 aromatic carbocycles. The van der Waals surface area contributed by atoms with E-state index in [1.165, 1.54) is 0 Å². The van der Waals surface area contributed by atoms with Crippen molar-refractivity contribution in [2.45, 2.75) is 18.9 Å². The maximum absolute atomic E-state index is 12.8. The minimum Gasteiger partial charge on any atom is -0.497 e. The number of nitrogens with one attached hydrogen (secondary N) is 2. The summed E-state index contributed by atoms with van der Waals surface area (Å²) in [5.74, 6) is -0.185. The molecule has 154 valence electrons. The predicted molar refractivity (Wildman–Crippen MR) is 109 cm³/mol. The number of benzene rings is 2. The summed E-state index contributed by atoms with van der Waals surface area (Å²) in [6.07, 6.45) is 1.69. The van der Waals surface area contributed by atoms with Gasteiger partial charge in [0, 0.05) is 28.9 Å². The van der Waals surface area contributed by atoms with E-state index in [0.29, 0.717) is 22.7 Å². The fourth-order valence-corrected chi connectivity index (χ4v) is 5.20. The topological polar surface area (TPSA) is 93.7 Å². The molecular formula is C23H22N2O5. The number of carbonyl (C=O) groups excluding carboxylic acids is 3. The minimum absolute atomic E-state index is 0.0129. The van der Waals surface area contributed by atoms with E-state index in [4.69, 9.17) is 9.47 Å². The lowest BCUT2D eigenvalue weighted by Gasteiger charge is -2.23. The summed E-state index contributed by atoms with van der Waals surface area (Å²) in [7, 11) is 1.57. The number of ether oxygens (including phenoxy) is 2. The van der Waals surface area contributed by atoms with Crippen LogP contribution in [0.5, 0.6) is 5.75 Å². The molecule has 2 aromatic rings. The summed E-state index contributed by atoms with van der Waals surface area (Å²) in [5, 5.41) is 5.73. The fourth-order valence-electron chi connectivity index (χ4n) is 5.20. The molecule has 1 saturated heterocycles. The van der Waals surface area contributed by atoms with Crippen LogP contribution in [0.2, 0.25) is 0 Å². The van der Waals surface area contributed by atoms with E-state index in [2.05, 4.69) is 10.6 Å². The third-order valence-corrected chi connectivity index (χ3v) is 6.53. The van der Waals surface area contributed by atoms with Crippen molar-refractivity contribution in [1.29, 1.82) is 0 Å². The number of rotatable bonds is 5. The Kier molecular flexibility index (Phi) is 4.46. The molecule has 5 atom stereocenters. The number of anilines is 2. The highest BCUT2D eigenvalue weighted by Gasteiger charge is 2.63. The molecule has 1 heterocycles. The number of fused-ring (bicyclic) bond motifs is 1. The predicted octanol–water partition coefficient (Wildman–Crippen LogP) is 3.08. The highest BCUT2D eigenvalue weighted by molar-refractivity contribution is 6.05. The highest BCUT2D eigenvalue weighted by atomic mass is 16.6. The van der Waals surface area contributed by atoms with E-state index >= 15 is 0 Å². The zero-order valence-electron chi connectivity index (χ0n) is 16.5. The first-order chi connectivity index (χ1) is 14.5. The zero-order valence-corrected chi connectivity index (χ0v) is 16.5. The normalized spacial score (nSPS) is 28.2. The van der Waals surface area contributed by atoms with Crippen molar-refractivity contribution >= 4 is 29.2 Å². The lowest BCUT2D eigenvalue weighted by molar-refractivity contribution is -0.145. The van der Waals surface area contributed by atoms with Crippen LogP contribution in [0, 0.1) is 23.7 Å². The summed E-state index contributed by atoms with van der Waals surface area (Å²) in [6.45, 7) is 0. The molecule has 7 heteroatoms. The maximum Gasteiger partial charge on any atom is 0.310 e. The van der Waals surface area contributed by atoms with Gasteiger partial charge in [-0.1, -0.05) is 6.07 Å². The molecular weight excluding hydrogens is 384 g/mol. The van der Waals surface area contributed by atoms with Gasteiger partial charge in [0.1, 0.15) is 11.9 Å². The van der Waals surface area contributed by atoms with E-state index in [1.54, 1.807) is 55.6 Å². The molecule has 3 aliphatic rings. The molecule has 3 fully saturated rings. The van der Waals surface area contributed by atoms with E-state index in [1.807, 2.05) is 0 Å². The second-order valence-electron chi connectivity index (χ2n) is 8.17. The third kappa shape index (κ3) is 3.10. The van der Waals surface area contributed by atoms with E-state index in [9.17, 15) is 14.4 Å². The molecule has 5 rings (SSSR count). The Hall–Kier alpha value is -3.35. The van der Waals surface area contributed by atoms with Gasteiger partial charge < -0.3 is 20.1 Å². The van der Waals surface area contributed by atoms with Crippen LogP contribution in [0.3, 0.4) is 0 Å². The van der Waals surface area contributed by atoms with Gasteiger partial charge in [-0.15, -0.1) is 0 Å². The summed E-state index contributed by atoms with van der Waals surface area (Å²) >= 11 is 0. The average Bonchev–Trinajstić information content (AvgIpc) is 3.37. The molecule has 0 unspecified atom stereocenters. The Balaban J connectivity index is 1.23. The lowest BCUT2D eigenvalue weighted by Crippen LogP contribution is -2.35. The Morgan fingerprint density at radius 2 is 1.83 bits per heavy atom. The van der Waals surface area contributed by atoms with Gasteiger partial charge in [0.2, 0.25) is 5.91 Å². The standard InChI is InChI=1S/C23H22N2O5/c1-29-16-4-2-3-15(11-16)25-21(26)12-5-7-14(8-6-12)24-22(27)19-13-9-17-18(10-13)30-23(28)20(17)19/h2-8,11,13,17-20H,9-10H2,1H3,(H,24,27)(H,25,26)/t13-,17-,18+,19-,20-/m0/s1. The largest absolute Gasteiger partial charge is 0.497 e. The Labute approximate surface area is 173 Å². The molecule has 0 radical (unpaired) electrons. The number of carbonyl (C=O) groups is 3. The van der Waals surface area contributed by atoms with Crippen LogP contribution in [-0.2, 0) is 14.3 Å². The Morgan fingerprint density at radius 3 is 2.60 bits per heavy atom. The summed E-state index contributed by atoms with van der Waals surface area (Å²) in [4.78, 5) is 37.4. The van der Waals surface area contributed by atoms with Crippen LogP contribution in [0.15, 0.2) is 48.5 Å². The monoisotopic (exact) mass is 406 g/mol. The van der Waals surface area contributed by atoms with Gasteiger partial charge in [0.25, 0.3) is 5.91 Å². The van der Waals surface area contributed by atoms with Crippen LogP contribution in [-0.4, -0.2) is 31.0 Å². The second-order valence-corrected chi connectivity index (χ2v) is 8.17. The Morgan fingerprint density at radius 1 is 1.03 bits per heavy atom. The maximum atomic E-state index is 12.8. The zero-order chi connectivity index (χ0) is 20.8. The lowest BCUT2D eigenvalue weighted by atomic mass is 9.79. The first kappa shape index (κ1) is 18.7. The van der Waals surface area contributed by atoms with Crippen molar-refractivity contribution < 1.29 is 23.9 Å². The first-order valence-electron chi connectivity index (χ1n) is 10.1. The van der Waals surface area contributed by atoms with E-state index in [0.717, 1.165) is 12.8 Å². The van der Waals surface area contributed by atoms with Crippen LogP contribution < -0.4 is 15.4 Å².